The lowest BCUT2D eigenvalue weighted by atomic mass is 10.1. The molecule has 0 aliphatic heterocycles. The number of halogens is 1. The average molecular weight is 383 g/mol. The summed E-state index contributed by atoms with van der Waals surface area (Å²) in [5.41, 5.74) is 2.04. The molecule has 0 fully saturated rings. The molecule has 0 aliphatic carbocycles. The van der Waals surface area contributed by atoms with E-state index in [1.165, 1.54) is 12.4 Å². The Hall–Kier alpha value is -3.12. The van der Waals surface area contributed by atoms with Crippen molar-refractivity contribution in [2.24, 2.45) is 0 Å². The van der Waals surface area contributed by atoms with Crippen LogP contribution in [0.4, 0.5) is 11.6 Å². The van der Waals surface area contributed by atoms with E-state index in [-0.39, 0.29) is 11.9 Å². The van der Waals surface area contributed by atoms with Crippen LogP contribution >= 0.6 is 11.6 Å². The van der Waals surface area contributed by atoms with Gasteiger partial charge in [-0.05, 0) is 30.7 Å². The predicted molar refractivity (Wildman–Crippen MR) is 106 cm³/mol. The van der Waals surface area contributed by atoms with Gasteiger partial charge in [0.05, 0.1) is 24.4 Å². The first-order valence-electron chi connectivity index (χ1n) is 8.35. The second-order valence-corrected chi connectivity index (χ2v) is 6.31. The topological polar surface area (TPSA) is 76.1 Å². The highest BCUT2D eigenvalue weighted by molar-refractivity contribution is 6.31. The minimum atomic E-state index is -0.238. The number of carbonyl (C=O) groups excluding carboxylic acids is 1. The third-order valence-corrected chi connectivity index (χ3v) is 4.20. The molecule has 0 bridgehead atoms. The Morgan fingerprint density at radius 3 is 2.48 bits per heavy atom. The number of hydrogen-bond donors (Lipinski definition) is 2. The summed E-state index contributed by atoms with van der Waals surface area (Å²) >= 11 is 6.02. The van der Waals surface area contributed by atoms with Gasteiger partial charge in [-0.3, -0.25) is 4.79 Å². The molecule has 1 aromatic heterocycles. The molecule has 3 aromatic rings. The van der Waals surface area contributed by atoms with Crippen LogP contribution in [-0.2, 0) is 0 Å². The quantitative estimate of drug-likeness (QED) is 0.661. The molecule has 1 unspecified atom stereocenters. The Kier molecular flexibility index (Phi) is 5.88. The average Bonchev–Trinajstić information content (AvgIpc) is 2.69. The highest BCUT2D eigenvalue weighted by Gasteiger charge is 2.13. The van der Waals surface area contributed by atoms with Gasteiger partial charge in [-0.25, -0.2) is 9.97 Å². The number of ether oxygens (including phenoxy) is 1. The molecule has 0 saturated carbocycles. The summed E-state index contributed by atoms with van der Waals surface area (Å²) in [6.45, 7) is 1.93. The zero-order valence-electron chi connectivity index (χ0n) is 14.9. The maximum Gasteiger partial charge on any atom is 0.254 e. The number of benzene rings is 2. The number of hydrogen-bond acceptors (Lipinski definition) is 5. The van der Waals surface area contributed by atoms with Crippen molar-refractivity contribution in [2.45, 2.75) is 13.0 Å². The fourth-order valence-electron chi connectivity index (χ4n) is 2.51. The molecular formula is C20H19ClN4O2. The Labute approximate surface area is 162 Å². The maximum absolute atomic E-state index is 12.4. The van der Waals surface area contributed by atoms with E-state index in [1.807, 2.05) is 37.3 Å². The van der Waals surface area contributed by atoms with E-state index >= 15 is 0 Å². The van der Waals surface area contributed by atoms with Crippen molar-refractivity contribution in [3.8, 4) is 5.75 Å². The number of rotatable bonds is 6. The van der Waals surface area contributed by atoms with Gasteiger partial charge in [-0.1, -0.05) is 41.9 Å². The first kappa shape index (κ1) is 18.7. The number of methoxy groups -OCH3 is 1. The highest BCUT2D eigenvalue weighted by atomic mass is 35.5. The van der Waals surface area contributed by atoms with Gasteiger partial charge in [0, 0.05) is 17.4 Å². The molecule has 3 rings (SSSR count). The smallest absolute Gasteiger partial charge is 0.254 e. The molecule has 0 spiro atoms. The Balaban J connectivity index is 1.68. The van der Waals surface area contributed by atoms with E-state index in [9.17, 15) is 4.79 Å². The lowest BCUT2D eigenvalue weighted by molar-refractivity contribution is 0.0939. The third-order valence-electron chi connectivity index (χ3n) is 3.97. The van der Waals surface area contributed by atoms with Crippen molar-refractivity contribution in [1.29, 1.82) is 0 Å². The molecule has 27 heavy (non-hydrogen) atoms. The minimum Gasteiger partial charge on any atom is -0.495 e. The molecule has 2 aromatic carbocycles. The van der Waals surface area contributed by atoms with Gasteiger partial charge in [-0.15, -0.1) is 0 Å². The van der Waals surface area contributed by atoms with Crippen LogP contribution in [0, 0.1) is 0 Å². The van der Waals surface area contributed by atoms with Crippen molar-refractivity contribution in [3.63, 3.8) is 0 Å². The molecule has 7 heteroatoms. The molecule has 1 atom stereocenters. The number of aromatic nitrogens is 2. The number of carbonyl (C=O) groups is 1. The molecule has 0 radical (unpaired) electrons. The fraction of sp³-hybridized carbons (Fsp3) is 0.150. The Morgan fingerprint density at radius 2 is 1.81 bits per heavy atom. The summed E-state index contributed by atoms with van der Waals surface area (Å²) in [5.74, 6) is 0.711. The maximum atomic E-state index is 12.4. The first-order chi connectivity index (χ1) is 13.1. The van der Waals surface area contributed by atoms with Gasteiger partial charge in [0.25, 0.3) is 5.91 Å². The van der Waals surface area contributed by atoms with Crippen LogP contribution < -0.4 is 15.4 Å². The molecule has 0 saturated heterocycles. The molecule has 1 amide bonds. The molecular weight excluding hydrogens is 364 g/mol. The largest absolute Gasteiger partial charge is 0.495 e. The zero-order chi connectivity index (χ0) is 19.2. The molecule has 2 N–H and O–H groups in total. The van der Waals surface area contributed by atoms with E-state index in [0.29, 0.717) is 28.0 Å². The van der Waals surface area contributed by atoms with Gasteiger partial charge in [0.1, 0.15) is 5.75 Å². The van der Waals surface area contributed by atoms with Crippen LogP contribution in [0.3, 0.4) is 0 Å². The SMILES string of the molecule is COc1ccc(Cl)cc1Nc1ncc(C(=O)NC(C)c2ccccc2)cn1. The predicted octanol–water partition coefficient (Wildman–Crippen LogP) is 4.37. The Morgan fingerprint density at radius 1 is 1.11 bits per heavy atom. The van der Waals surface area contributed by atoms with Gasteiger partial charge < -0.3 is 15.4 Å². The van der Waals surface area contributed by atoms with Crippen molar-refractivity contribution in [3.05, 3.63) is 77.1 Å². The first-order valence-corrected chi connectivity index (χ1v) is 8.73. The van der Waals surface area contributed by atoms with Crippen molar-refractivity contribution in [2.75, 3.05) is 12.4 Å². The van der Waals surface area contributed by atoms with Gasteiger partial charge >= 0.3 is 0 Å². The summed E-state index contributed by atoms with van der Waals surface area (Å²) in [5, 5.41) is 6.52. The van der Waals surface area contributed by atoms with Crippen molar-refractivity contribution >= 4 is 29.1 Å². The van der Waals surface area contributed by atoms with Crippen LogP contribution in [0.2, 0.25) is 5.02 Å². The van der Waals surface area contributed by atoms with Crippen molar-refractivity contribution in [1.82, 2.24) is 15.3 Å². The molecule has 0 aliphatic rings. The summed E-state index contributed by atoms with van der Waals surface area (Å²) in [4.78, 5) is 20.8. The standard InChI is InChI=1S/C20H19ClN4O2/c1-13(14-6-4-3-5-7-14)24-19(26)15-11-22-20(23-12-15)25-17-10-16(21)8-9-18(17)27-2/h3-13H,1-2H3,(H,24,26)(H,22,23,25). The van der Waals surface area contributed by atoms with E-state index in [2.05, 4.69) is 20.6 Å². The van der Waals surface area contributed by atoms with E-state index in [4.69, 9.17) is 16.3 Å². The second-order valence-electron chi connectivity index (χ2n) is 5.87. The van der Waals surface area contributed by atoms with Gasteiger partial charge in [0.15, 0.2) is 0 Å². The molecule has 138 valence electrons. The van der Waals surface area contributed by atoms with Crippen LogP contribution in [-0.4, -0.2) is 23.0 Å². The van der Waals surface area contributed by atoms with Crippen molar-refractivity contribution < 1.29 is 9.53 Å². The number of nitrogens with zero attached hydrogens (tertiary/aromatic N) is 2. The van der Waals surface area contributed by atoms with E-state index < -0.39 is 0 Å². The molecule has 1 heterocycles. The number of nitrogens with one attached hydrogen (secondary N) is 2. The third kappa shape index (κ3) is 4.74. The lowest BCUT2D eigenvalue weighted by Gasteiger charge is -2.14. The monoisotopic (exact) mass is 382 g/mol. The van der Waals surface area contributed by atoms with E-state index in [1.54, 1.807) is 25.3 Å². The van der Waals surface area contributed by atoms with Crippen LogP contribution in [0.15, 0.2) is 60.9 Å². The Bertz CT molecular complexity index is 917. The van der Waals surface area contributed by atoms with Gasteiger partial charge in [0.2, 0.25) is 5.95 Å². The number of amides is 1. The second kappa shape index (κ2) is 8.51. The minimum absolute atomic E-state index is 0.118. The van der Waals surface area contributed by atoms with Gasteiger partial charge in [-0.2, -0.15) is 0 Å². The normalized spacial score (nSPS) is 11.5. The summed E-state index contributed by atoms with van der Waals surface area (Å²) in [6.07, 6.45) is 2.94. The fourth-order valence-corrected chi connectivity index (χ4v) is 2.69. The highest BCUT2D eigenvalue weighted by Crippen LogP contribution is 2.29. The van der Waals surface area contributed by atoms with Crippen LogP contribution in [0.1, 0.15) is 28.9 Å². The number of anilines is 2. The lowest BCUT2D eigenvalue weighted by Crippen LogP contribution is -2.26. The van der Waals surface area contributed by atoms with Crippen LogP contribution in [0.25, 0.3) is 0 Å². The summed E-state index contributed by atoms with van der Waals surface area (Å²) < 4.78 is 5.28. The molecule has 6 nitrogen and oxygen atoms in total. The van der Waals surface area contributed by atoms with Crippen LogP contribution in [0.5, 0.6) is 5.75 Å². The summed E-state index contributed by atoms with van der Waals surface area (Å²) in [7, 11) is 1.57. The summed E-state index contributed by atoms with van der Waals surface area (Å²) in [6, 6.07) is 14.8. The van der Waals surface area contributed by atoms with E-state index in [0.717, 1.165) is 5.56 Å². The zero-order valence-corrected chi connectivity index (χ0v) is 15.7.